The fourth-order valence-corrected chi connectivity index (χ4v) is 7.88. The van der Waals surface area contributed by atoms with Crippen molar-refractivity contribution in [3.8, 4) is 5.75 Å². The third-order valence-corrected chi connectivity index (χ3v) is 9.68. The Balaban J connectivity index is 1.59. The quantitative estimate of drug-likeness (QED) is 0.281. The van der Waals surface area contributed by atoms with Crippen LogP contribution in [-0.4, -0.2) is 77.8 Å². The number of para-hydroxylation sites is 1. The first kappa shape index (κ1) is 33.7. The SMILES string of the molecule is C=CCN(C(=O)[C@@H]1[C@H]2C(=O)N([C@@H](CO)CC(C)C)C(C(=O)N(CC=C)c3ccccc3Cl)C23CC[C@H]1O3)c1ccc(OCC)cc1. The molecule has 3 aliphatic heterocycles. The lowest BCUT2D eigenvalue weighted by atomic mass is 9.70. The smallest absolute Gasteiger partial charge is 0.253 e. The number of aliphatic hydroxyl groups is 1. The average molecular weight is 650 g/mol. The van der Waals surface area contributed by atoms with Crippen LogP contribution in [-0.2, 0) is 19.1 Å². The molecule has 2 unspecified atom stereocenters. The number of rotatable bonds is 14. The van der Waals surface area contributed by atoms with E-state index < -0.39 is 35.6 Å². The van der Waals surface area contributed by atoms with Gasteiger partial charge in [0.05, 0.1) is 47.9 Å². The van der Waals surface area contributed by atoms with Crippen LogP contribution < -0.4 is 14.5 Å². The Bertz CT molecular complexity index is 1460. The lowest BCUT2D eigenvalue weighted by Crippen LogP contribution is -2.59. The first-order valence-electron chi connectivity index (χ1n) is 16.1. The summed E-state index contributed by atoms with van der Waals surface area (Å²) in [6, 6.07) is 12.5. The number of likely N-dealkylation sites (tertiary alicyclic amines) is 1. The molecule has 3 amide bonds. The predicted molar refractivity (Wildman–Crippen MR) is 179 cm³/mol. The molecule has 0 aliphatic carbocycles. The maximum atomic E-state index is 14.8. The number of nitrogens with zero attached hydrogens (tertiary/aromatic N) is 3. The molecule has 0 radical (unpaired) electrons. The van der Waals surface area contributed by atoms with Gasteiger partial charge in [-0.25, -0.2) is 0 Å². The monoisotopic (exact) mass is 649 g/mol. The number of hydrogen-bond acceptors (Lipinski definition) is 6. The zero-order valence-electron chi connectivity index (χ0n) is 26.8. The highest BCUT2D eigenvalue weighted by Crippen LogP contribution is 2.59. The van der Waals surface area contributed by atoms with E-state index in [4.69, 9.17) is 21.1 Å². The van der Waals surface area contributed by atoms with Gasteiger partial charge < -0.3 is 29.3 Å². The number of fused-ring (bicyclic) bond motifs is 1. The average Bonchev–Trinajstić information content (AvgIpc) is 3.69. The second kappa shape index (κ2) is 14.0. The molecule has 46 heavy (non-hydrogen) atoms. The van der Waals surface area contributed by atoms with Crippen molar-refractivity contribution in [2.75, 3.05) is 36.1 Å². The maximum Gasteiger partial charge on any atom is 0.253 e. The second-order valence-corrected chi connectivity index (χ2v) is 13.0. The summed E-state index contributed by atoms with van der Waals surface area (Å²) in [5, 5.41) is 11.0. The van der Waals surface area contributed by atoms with E-state index in [2.05, 4.69) is 13.2 Å². The van der Waals surface area contributed by atoms with E-state index in [-0.39, 0.29) is 43.3 Å². The summed E-state index contributed by atoms with van der Waals surface area (Å²) in [5.74, 6) is -1.90. The van der Waals surface area contributed by atoms with Crippen molar-refractivity contribution in [3.05, 3.63) is 78.9 Å². The number of anilines is 2. The van der Waals surface area contributed by atoms with Crippen LogP contribution in [0, 0.1) is 17.8 Å². The molecule has 3 saturated heterocycles. The van der Waals surface area contributed by atoms with Crippen molar-refractivity contribution in [1.82, 2.24) is 4.90 Å². The molecule has 2 bridgehead atoms. The number of benzene rings is 2. The van der Waals surface area contributed by atoms with Gasteiger partial charge in [-0.05, 0) is 68.5 Å². The van der Waals surface area contributed by atoms with Gasteiger partial charge in [0, 0.05) is 18.8 Å². The molecule has 0 saturated carbocycles. The summed E-state index contributed by atoms with van der Waals surface area (Å²) in [7, 11) is 0. The Morgan fingerprint density at radius 1 is 1.11 bits per heavy atom. The van der Waals surface area contributed by atoms with Crippen LogP contribution >= 0.6 is 11.6 Å². The molecule has 3 fully saturated rings. The van der Waals surface area contributed by atoms with Gasteiger partial charge in [0.15, 0.2) is 0 Å². The van der Waals surface area contributed by atoms with Gasteiger partial charge in [-0.15, -0.1) is 13.2 Å². The third-order valence-electron chi connectivity index (χ3n) is 9.36. The highest BCUT2D eigenvalue weighted by molar-refractivity contribution is 6.34. The number of aliphatic hydroxyl groups excluding tert-OH is 1. The first-order valence-corrected chi connectivity index (χ1v) is 16.4. The van der Waals surface area contributed by atoms with Gasteiger partial charge in [0.2, 0.25) is 11.8 Å². The van der Waals surface area contributed by atoms with E-state index >= 15 is 0 Å². The van der Waals surface area contributed by atoms with Crippen molar-refractivity contribution in [1.29, 1.82) is 0 Å². The molecule has 246 valence electrons. The maximum absolute atomic E-state index is 14.8. The Morgan fingerprint density at radius 3 is 2.39 bits per heavy atom. The molecule has 1 N–H and O–H groups in total. The lowest BCUT2D eigenvalue weighted by Gasteiger charge is -2.39. The van der Waals surface area contributed by atoms with E-state index in [0.29, 0.717) is 48.0 Å². The van der Waals surface area contributed by atoms with Crippen LogP contribution in [0.25, 0.3) is 0 Å². The van der Waals surface area contributed by atoms with Gasteiger partial charge in [-0.1, -0.05) is 49.7 Å². The molecule has 3 aliphatic rings. The van der Waals surface area contributed by atoms with Crippen molar-refractivity contribution >= 4 is 40.7 Å². The molecule has 3 heterocycles. The molecule has 0 aromatic heterocycles. The van der Waals surface area contributed by atoms with Crippen molar-refractivity contribution in [3.63, 3.8) is 0 Å². The Labute approximate surface area is 276 Å². The fourth-order valence-electron chi connectivity index (χ4n) is 7.64. The van der Waals surface area contributed by atoms with E-state index in [1.165, 1.54) is 9.80 Å². The normalized spacial score (nSPS) is 25.3. The molecular weight excluding hydrogens is 606 g/mol. The summed E-state index contributed by atoms with van der Waals surface area (Å²) >= 11 is 6.59. The Kier molecular flexibility index (Phi) is 10.2. The molecule has 1 spiro atoms. The van der Waals surface area contributed by atoms with Crippen LogP contribution in [0.5, 0.6) is 5.75 Å². The van der Waals surface area contributed by atoms with Gasteiger partial charge in [0.25, 0.3) is 5.91 Å². The van der Waals surface area contributed by atoms with E-state index in [1.54, 1.807) is 53.5 Å². The van der Waals surface area contributed by atoms with Crippen LogP contribution in [0.3, 0.4) is 0 Å². The number of carbonyl (C=O) groups is 3. The van der Waals surface area contributed by atoms with E-state index in [9.17, 15) is 19.5 Å². The molecule has 5 rings (SSSR count). The summed E-state index contributed by atoms with van der Waals surface area (Å²) in [4.78, 5) is 48.8. The third kappa shape index (κ3) is 5.85. The number of halogens is 1. The zero-order valence-corrected chi connectivity index (χ0v) is 27.6. The van der Waals surface area contributed by atoms with Gasteiger partial charge in [-0.2, -0.15) is 0 Å². The fraction of sp³-hybridized carbons (Fsp3) is 0.472. The highest BCUT2D eigenvalue weighted by Gasteiger charge is 2.75. The molecule has 2 aromatic carbocycles. The minimum atomic E-state index is -1.25. The number of carbonyl (C=O) groups excluding carboxylic acids is 3. The summed E-state index contributed by atoms with van der Waals surface area (Å²) in [6.45, 7) is 14.2. The lowest BCUT2D eigenvalue weighted by molar-refractivity contribution is -0.144. The van der Waals surface area contributed by atoms with Gasteiger partial charge >= 0.3 is 0 Å². The number of hydrogen-bond donors (Lipinski definition) is 1. The van der Waals surface area contributed by atoms with Gasteiger partial charge in [0.1, 0.15) is 17.4 Å². The highest BCUT2D eigenvalue weighted by atomic mass is 35.5. The summed E-state index contributed by atoms with van der Waals surface area (Å²) in [5.41, 5.74) is -0.120. The van der Waals surface area contributed by atoms with Crippen molar-refractivity contribution < 1.29 is 29.0 Å². The molecular formula is C36H44ClN3O6. The van der Waals surface area contributed by atoms with Gasteiger partial charge in [-0.3, -0.25) is 14.4 Å². The minimum absolute atomic E-state index is 0.129. The first-order chi connectivity index (χ1) is 22.1. The van der Waals surface area contributed by atoms with Crippen LogP contribution in [0.1, 0.15) is 40.0 Å². The summed E-state index contributed by atoms with van der Waals surface area (Å²) in [6.07, 6.45) is 4.13. The zero-order chi connectivity index (χ0) is 33.2. The molecule has 10 heteroatoms. The van der Waals surface area contributed by atoms with Crippen LogP contribution in [0.4, 0.5) is 11.4 Å². The van der Waals surface area contributed by atoms with Crippen LogP contribution in [0.15, 0.2) is 73.8 Å². The largest absolute Gasteiger partial charge is 0.494 e. The second-order valence-electron chi connectivity index (χ2n) is 12.6. The Hall–Kier alpha value is -3.66. The van der Waals surface area contributed by atoms with E-state index in [0.717, 1.165) is 0 Å². The summed E-state index contributed by atoms with van der Waals surface area (Å²) < 4.78 is 12.3. The standard InChI is InChI=1S/C36H44ClN3O6/c1-6-19-38(24-13-15-26(16-14-24)45-8-3)33(42)30-29-17-18-36(46-29)31(30)34(43)40(25(22-41)21-23(4)5)32(36)35(44)39(20-7-2)28-12-10-9-11-27(28)37/h6-7,9-16,23,25,29-32,41H,1-2,8,17-22H2,3-5H3/t25-,29-,30+,31+,32?,36?/m1/s1. The molecule has 6 atom stereocenters. The van der Waals surface area contributed by atoms with Crippen LogP contribution in [0.2, 0.25) is 5.02 Å². The number of ether oxygens (including phenoxy) is 2. The topological polar surface area (TPSA) is 99.6 Å². The molecule has 2 aromatic rings. The van der Waals surface area contributed by atoms with E-state index in [1.807, 2.05) is 32.9 Å². The number of amides is 3. The Morgan fingerprint density at radius 2 is 1.78 bits per heavy atom. The molecule has 9 nitrogen and oxygen atoms in total. The van der Waals surface area contributed by atoms with Crippen molar-refractivity contribution in [2.45, 2.75) is 63.8 Å². The minimum Gasteiger partial charge on any atom is -0.494 e. The van der Waals surface area contributed by atoms with Crippen molar-refractivity contribution in [2.24, 2.45) is 17.8 Å². The predicted octanol–water partition coefficient (Wildman–Crippen LogP) is 5.26.